The number of carboxylic acid groups (broad SMARTS) is 1. The molecule has 98 valence electrons. The molecule has 18 heavy (non-hydrogen) atoms. The van der Waals surface area contributed by atoms with Crippen LogP contribution in [0, 0.1) is 5.92 Å². The molecule has 1 aromatic heterocycles. The molecule has 2 N–H and O–H groups in total. The minimum absolute atomic E-state index is 0.0647. The largest absolute Gasteiger partial charge is 0.481 e. The van der Waals surface area contributed by atoms with Gasteiger partial charge in [0, 0.05) is 25.4 Å². The van der Waals surface area contributed by atoms with Crippen molar-refractivity contribution >= 4 is 11.9 Å². The molecule has 1 unspecified atom stereocenters. The minimum atomic E-state index is -0.802. The van der Waals surface area contributed by atoms with Crippen molar-refractivity contribution in [2.24, 2.45) is 5.92 Å². The monoisotopic (exact) mass is 250 g/mol. The average molecular weight is 250 g/mol. The maximum atomic E-state index is 11.6. The predicted octanol–water partition coefficient (Wildman–Crippen LogP) is 1.24. The summed E-state index contributed by atoms with van der Waals surface area (Å²) in [5.74, 6) is -0.701. The summed E-state index contributed by atoms with van der Waals surface area (Å²) in [6.45, 7) is 2.43. The molecule has 0 aliphatic carbocycles. The number of hydrogen-bond acceptors (Lipinski definition) is 3. The molecule has 1 atom stereocenters. The summed E-state index contributed by atoms with van der Waals surface area (Å²) in [4.78, 5) is 25.9. The lowest BCUT2D eigenvalue weighted by atomic mass is 10.1. The highest BCUT2D eigenvalue weighted by atomic mass is 16.4. The molecule has 5 nitrogen and oxygen atoms in total. The van der Waals surface area contributed by atoms with Crippen LogP contribution in [0.5, 0.6) is 0 Å². The molecule has 5 heteroatoms. The first-order chi connectivity index (χ1) is 8.58. The summed E-state index contributed by atoms with van der Waals surface area (Å²) in [7, 11) is 0. The molecule has 0 aromatic carbocycles. The van der Waals surface area contributed by atoms with E-state index >= 15 is 0 Å². The van der Waals surface area contributed by atoms with Crippen LogP contribution >= 0.6 is 0 Å². The zero-order valence-corrected chi connectivity index (χ0v) is 10.4. The maximum absolute atomic E-state index is 11.6. The maximum Gasteiger partial charge on any atom is 0.303 e. The van der Waals surface area contributed by atoms with Crippen LogP contribution in [0.4, 0.5) is 0 Å². The van der Waals surface area contributed by atoms with E-state index in [0.717, 1.165) is 5.56 Å². The minimum Gasteiger partial charge on any atom is -0.481 e. The Morgan fingerprint density at radius 3 is 2.89 bits per heavy atom. The molecule has 1 amide bonds. The van der Waals surface area contributed by atoms with Crippen molar-refractivity contribution in [2.45, 2.75) is 26.2 Å². The second-order valence-corrected chi connectivity index (χ2v) is 4.38. The fraction of sp³-hybridized carbons (Fsp3) is 0.462. The molecular weight excluding hydrogens is 232 g/mol. The number of nitrogens with one attached hydrogen (secondary N) is 1. The zero-order valence-electron chi connectivity index (χ0n) is 10.4. The Morgan fingerprint density at radius 2 is 2.28 bits per heavy atom. The Kier molecular flexibility index (Phi) is 5.84. The number of aromatic nitrogens is 1. The van der Waals surface area contributed by atoms with Crippen LogP contribution in [-0.2, 0) is 16.0 Å². The molecule has 0 aliphatic heterocycles. The molecule has 0 aliphatic rings. The number of rotatable bonds is 7. The molecule has 0 saturated carbocycles. The van der Waals surface area contributed by atoms with Gasteiger partial charge in [-0.1, -0.05) is 13.0 Å². The van der Waals surface area contributed by atoms with Gasteiger partial charge >= 0.3 is 5.97 Å². The lowest BCUT2D eigenvalue weighted by Crippen LogP contribution is -2.29. The first kappa shape index (κ1) is 14.2. The number of pyridine rings is 1. The van der Waals surface area contributed by atoms with Crippen LogP contribution in [-0.4, -0.2) is 28.5 Å². The van der Waals surface area contributed by atoms with Gasteiger partial charge in [0.1, 0.15) is 0 Å². The molecule has 0 radical (unpaired) electrons. The van der Waals surface area contributed by atoms with E-state index in [-0.39, 0.29) is 18.2 Å². The van der Waals surface area contributed by atoms with Gasteiger partial charge in [-0.25, -0.2) is 0 Å². The van der Waals surface area contributed by atoms with Gasteiger partial charge in [0.25, 0.3) is 0 Å². The number of aliphatic carboxylic acids is 1. The Hall–Kier alpha value is -1.91. The van der Waals surface area contributed by atoms with E-state index in [1.54, 1.807) is 18.5 Å². The lowest BCUT2D eigenvalue weighted by Gasteiger charge is -2.11. The van der Waals surface area contributed by atoms with E-state index in [2.05, 4.69) is 10.3 Å². The number of carbonyl (C=O) groups excluding carboxylic acids is 1. The fourth-order valence-corrected chi connectivity index (χ4v) is 1.51. The summed E-state index contributed by atoms with van der Waals surface area (Å²) in [5.41, 5.74) is 0.869. The Labute approximate surface area is 106 Å². The van der Waals surface area contributed by atoms with Crippen LogP contribution in [0.15, 0.2) is 24.5 Å². The van der Waals surface area contributed by atoms with E-state index in [9.17, 15) is 9.59 Å². The van der Waals surface area contributed by atoms with Crippen LogP contribution in [0.1, 0.15) is 25.3 Å². The third kappa shape index (κ3) is 5.98. The second-order valence-electron chi connectivity index (χ2n) is 4.38. The van der Waals surface area contributed by atoms with Gasteiger partial charge < -0.3 is 10.4 Å². The third-order valence-electron chi connectivity index (χ3n) is 2.59. The van der Waals surface area contributed by atoms with Crippen molar-refractivity contribution in [1.82, 2.24) is 10.3 Å². The molecule has 0 spiro atoms. The number of carboxylic acids is 1. The van der Waals surface area contributed by atoms with Gasteiger partial charge in [-0.15, -0.1) is 0 Å². The van der Waals surface area contributed by atoms with Gasteiger partial charge in [0.05, 0.1) is 6.42 Å². The summed E-state index contributed by atoms with van der Waals surface area (Å²) in [5, 5.41) is 11.3. The van der Waals surface area contributed by atoms with Gasteiger partial charge in [-0.3, -0.25) is 14.6 Å². The summed E-state index contributed by atoms with van der Waals surface area (Å²) >= 11 is 0. The molecular formula is C13H18N2O3. The van der Waals surface area contributed by atoms with Crippen molar-refractivity contribution < 1.29 is 14.7 Å². The highest BCUT2D eigenvalue weighted by molar-refractivity contribution is 5.78. The molecule has 0 bridgehead atoms. The van der Waals surface area contributed by atoms with Crippen LogP contribution in [0.25, 0.3) is 0 Å². The van der Waals surface area contributed by atoms with Gasteiger partial charge in [-0.05, 0) is 24.0 Å². The smallest absolute Gasteiger partial charge is 0.303 e. The number of carbonyl (C=O) groups is 2. The first-order valence-corrected chi connectivity index (χ1v) is 5.95. The SMILES string of the molecule is CC(CCC(=O)O)CNC(=O)Cc1cccnc1. The average Bonchev–Trinajstić information content (AvgIpc) is 2.35. The topological polar surface area (TPSA) is 79.3 Å². The third-order valence-corrected chi connectivity index (χ3v) is 2.59. The van der Waals surface area contributed by atoms with Gasteiger partial charge in [0.15, 0.2) is 0 Å². The van der Waals surface area contributed by atoms with Crippen molar-refractivity contribution in [1.29, 1.82) is 0 Å². The quantitative estimate of drug-likeness (QED) is 0.763. The van der Waals surface area contributed by atoms with E-state index in [1.807, 2.05) is 13.0 Å². The van der Waals surface area contributed by atoms with E-state index in [1.165, 1.54) is 0 Å². The number of hydrogen-bond donors (Lipinski definition) is 2. The number of amides is 1. The molecule has 0 saturated heterocycles. The number of nitrogens with zero attached hydrogens (tertiary/aromatic N) is 1. The second kappa shape index (κ2) is 7.42. The Morgan fingerprint density at radius 1 is 1.50 bits per heavy atom. The normalized spacial score (nSPS) is 11.8. The lowest BCUT2D eigenvalue weighted by molar-refractivity contribution is -0.137. The van der Waals surface area contributed by atoms with E-state index in [0.29, 0.717) is 19.4 Å². The standard InChI is InChI=1S/C13H18N2O3/c1-10(4-5-13(17)18)8-15-12(16)7-11-3-2-6-14-9-11/h2-3,6,9-10H,4-5,7-8H2,1H3,(H,15,16)(H,17,18). The zero-order chi connectivity index (χ0) is 13.4. The Bertz CT molecular complexity index is 392. The van der Waals surface area contributed by atoms with Gasteiger partial charge in [0.2, 0.25) is 5.91 Å². The molecule has 1 aromatic rings. The van der Waals surface area contributed by atoms with Crippen molar-refractivity contribution in [3.05, 3.63) is 30.1 Å². The van der Waals surface area contributed by atoms with Crippen LogP contribution < -0.4 is 5.32 Å². The van der Waals surface area contributed by atoms with E-state index < -0.39 is 5.97 Å². The van der Waals surface area contributed by atoms with Crippen LogP contribution in [0.3, 0.4) is 0 Å². The molecule has 0 fully saturated rings. The fourth-order valence-electron chi connectivity index (χ4n) is 1.51. The van der Waals surface area contributed by atoms with Crippen molar-refractivity contribution in [2.75, 3.05) is 6.54 Å². The highest BCUT2D eigenvalue weighted by Gasteiger charge is 2.08. The first-order valence-electron chi connectivity index (χ1n) is 5.95. The summed E-state index contributed by atoms with van der Waals surface area (Å²) in [6.07, 6.45) is 4.34. The molecule has 1 heterocycles. The summed E-state index contributed by atoms with van der Waals surface area (Å²) < 4.78 is 0. The van der Waals surface area contributed by atoms with Crippen LogP contribution in [0.2, 0.25) is 0 Å². The van der Waals surface area contributed by atoms with E-state index in [4.69, 9.17) is 5.11 Å². The highest BCUT2D eigenvalue weighted by Crippen LogP contribution is 2.04. The van der Waals surface area contributed by atoms with Crippen molar-refractivity contribution in [3.8, 4) is 0 Å². The predicted molar refractivity (Wildman–Crippen MR) is 67.0 cm³/mol. The Balaban J connectivity index is 2.23. The van der Waals surface area contributed by atoms with Gasteiger partial charge in [-0.2, -0.15) is 0 Å². The van der Waals surface area contributed by atoms with Crippen molar-refractivity contribution in [3.63, 3.8) is 0 Å². The molecule has 1 rings (SSSR count). The summed E-state index contributed by atoms with van der Waals surface area (Å²) in [6, 6.07) is 3.64.